The van der Waals surface area contributed by atoms with E-state index in [1.165, 1.54) is 0 Å². The first-order valence-electron chi connectivity index (χ1n) is 11.8. The van der Waals surface area contributed by atoms with Crippen LogP contribution in [0.4, 0.5) is 0 Å². The number of ketones is 1. The maximum absolute atomic E-state index is 13.9. The SMILES string of the molecule is Cc1ccc(S(=O)(=O)NC(c2ccc(Cl)cc2)C2CCC/C=C\C(=C/c3ccc(Cl)cc3)C2=O)cc1. The van der Waals surface area contributed by atoms with Crippen LogP contribution in [-0.2, 0) is 14.8 Å². The third kappa shape index (κ3) is 6.54. The molecule has 0 fully saturated rings. The van der Waals surface area contributed by atoms with Crippen LogP contribution in [0.25, 0.3) is 6.08 Å². The molecule has 0 saturated carbocycles. The van der Waals surface area contributed by atoms with Crippen LogP contribution in [0.5, 0.6) is 0 Å². The van der Waals surface area contributed by atoms with E-state index in [-0.39, 0.29) is 10.7 Å². The molecule has 4 rings (SSSR count). The smallest absolute Gasteiger partial charge is 0.241 e. The Balaban J connectivity index is 1.75. The molecule has 0 aromatic heterocycles. The molecule has 1 aliphatic rings. The Kier molecular flexibility index (Phi) is 8.47. The average molecular weight is 541 g/mol. The molecule has 1 aliphatic carbocycles. The molecule has 186 valence electrons. The quantitative estimate of drug-likeness (QED) is 0.333. The molecule has 3 aromatic rings. The van der Waals surface area contributed by atoms with Gasteiger partial charge in [0, 0.05) is 21.5 Å². The zero-order chi connectivity index (χ0) is 25.7. The van der Waals surface area contributed by atoms with Crippen LogP contribution in [-0.4, -0.2) is 14.2 Å². The van der Waals surface area contributed by atoms with Crippen molar-refractivity contribution in [3.63, 3.8) is 0 Å². The van der Waals surface area contributed by atoms with E-state index in [2.05, 4.69) is 4.72 Å². The molecule has 4 nitrogen and oxygen atoms in total. The Labute approximate surface area is 222 Å². The lowest BCUT2D eigenvalue weighted by molar-refractivity contribution is -0.119. The van der Waals surface area contributed by atoms with E-state index in [0.717, 1.165) is 24.0 Å². The third-order valence-corrected chi connectivity index (χ3v) is 8.20. The highest BCUT2D eigenvalue weighted by Gasteiger charge is 2.34. The first kappa shape index (κ1) is 26.4. The number of halogens is 2. The molecular weight excluding hydrogens is 513 g/mol. The maximum Gasteiger partial charge on any atom is 0.241 e. The van der Waals surface area contributed by atoms with Crippen LogP contribution in [0.2, 0.25) is 10.0 Å². The molecular formula is C29H27Cl2NO3S. The molecule has 0 heterocycles. The molecule has 7 heteroatoms. The fourth-order valence-corrected chi connectivity index (χ4v) is 5.79. The first-order chi connectivity index (χ1) is 17.2. The highest BCUT2D eigenvalue weighted by Crippen LogP contribution is 2.34. The zero-order valence-electron chi connectivity index (χ0n) is 19.8. The number of benzene rings is 3. The molecule has 0 saturated heterocycles. The molecule has 2 unspecified atom stereocenters. The molecule has 3 aromatic carbocycles. The van der Waals surface area contributed by atoms with Gasteiger partial charge in [0.15, 0.2) is 5.78 Å². The average Bonchev–Trinajstić information content (AvgIpc) is 2.85. The standard InChI is InChI=1S/C29H27Cl2NO3S/c1-20-7-17-26(18-8-20)36(34,35)32-28(22-11-15-25(31)16-12-22)27-6-4-2-3-5-23(29(27)33)19-21-9-13-24(30)14-10-21/h3,5,7-19,27-28,32H,2,4,6H2,1H3/b5-3-,23-19+. The molecule has 0 amide bonds. The Hall–Kier alpha value is -2.70. The van der Waals surface area contributed by atoms with Gasteiger partial charge in [0.1, 0.15) is 0 Å². The van der Waals surface area contributed by atoms with E-state index in [1.807, 2.05) is 37.3 Å². The number of carbonyl (C=O) groups excluding carboxylic acids is 1. The van der Waals surface area contributed by atoms with Crippen molar-refractivity contribution >= 4 is 45.1 Å². The van der Waals surface area contributed by atoms with Gasteiger partial charge in [-0.15, -0.1) is 0 Å². The van der Waals surface area contributed by atoms with Gasteiger partial charge in [-0.3, -0.25) is 4.79 Å². The lowest BCUT2D eigenvalue weighted by Crippen LogP contribution is -2.37. The summed E-state index contributed by atoms with van der Waals surface area (Å²) < 4.78 is 29.7. The van der Waals surface area contributed by atoms with Crippen molar-refractivity contribution in [2.75, 3.05) is 0 Å². The number of allylic oxidation sites excluding steroid dienone is 3. The van der Waals surface area contributed by atoms with Gasteiger partial charge in [0.05, 0.1) is 10.9 Å². The van der Waals surface area contributed by atoms with Crippen molar-refractivity contribution in [1.29, 1.82) is 0 Å². The minimum Gasteiger partial charge on any atom is -0.294 e. The Morgan fingerprint density at radius 2 is 1.53 bits per heavy atom. The number of hydrogen-bond donors (Lipinski definition) is 1. The summed E-state index contributed by atoms with van der Waals surface area (Å²) in [6.07, 6.45) is 7.73. The normalized spacial score (nSPS) is 19.5. The van der Waals surface area contributed by atoms with E-state index < -0.39 is 22.0 Å². The molecule has 36 heavy (non-hydrogen) atoms. The van der Waals surface area contributed by atoms with E-state index in [1.54, 1.807) is 60.7 Å². The minimum atomic E-state index is -3.90. The van der Waals surface area contributed by atoms with Crippen LogP contribution in [0, 0.1) is 12.8 Å². The van der Waals surface area contributed by atoms with Crippen LogP contribution < -0.4 is 4.72 Å². The van der Waals surface area contributed by atoms with Crippen molar-refractivity contribution in [2.45, 2.75) is 37.1 Å². The Morgan fingerprint density at radius 1 is 0.917 bits per heavy atom. The summed E-state index contributed by atoms with van der Waals surface area (Å²) in [5.41, 5.74) is 3.01. The third-order valence-electron chi connectivity index (χ3n) is 6.24. The van der Waals surface area contributed by atoms with Gasteiger partial charge in [-0.1, -0.05) is 77.3 Å². The zero-order valence-corrected chi connectivity index (χ0v) is 22.2. The summed E-state index contributed by atoms with van der Waals surface area (Å²) in [5.74, 6) is -0.720. The van der Waals surface area contributed by atoms with Gasteiger partial charge in [-0.2, -0.15) is 0 Å². The fraction of sp³-hybridized carbons (Fsp3) is 0.207. The van der Waals surface area contributed by atoms with Crippen molar-refractivity contribution in [3.8, 4) is 0 Å². The van der Waals surface area contributed by atoms with Crippen molar-refractivity contribution in [1.82, 2.24) is 4.72 Å². The number of hydrogen-bond acceptors (Lipinski definition) is 3. The van der Waals surface area contributed by atoms with Crippen molar-refractivity contribution in [3.05, 3.63) is 117 Å². The van der Waals surface area contributed by atoms with Gasteiger partial charge in [-0.05, 0) is 79.8 Å². The number of sulfonamides is 1. The monoisotopic (exact) mass is 539 g/mol. The lowest BCUT2D eigenvalue weighted by Gasteiger charge is -2.29. The lowest BCUT2D eigenvalue weighted by atomic mass is 9.81. The number of carbonyl (C=O) groups is 1. The summed E-state index contributed by atoms with van der Waals surface area (Å²) >= 11 is 12.1. The van der Waals surface area contributed by atoms with Crippen molar-refractivity contribution in [2.24, 2.45) is 5.92 Å². The van der Waals surface area contributed by atoms with Crippen LogP contribution in [0.3, 0.4) is 0 Å². The Bertz CT molecular complexity index is 1380. The highest BCUT2D eigenvalue weighted by molar-refractivity contribution is 7.89. The second-order valence-corrected chi connectivity index (χ2v) is 11.5. The molecule has 0 radical (unpaired) electrons. The fourth-order valence-electron chi connectivity index (χ4n) is 4.27. The van der Waals surface area contributed by atoms with Gasteiger partial charge in [0.25, 0.3) is 0 Å². The largest absolute Gasteiger partial charge is 0.294 e. The molecule has 0 spiro atoms. The first-order valence-corrected chi connectivity index (χ1v) is 14.0. The molecule has 0 aliphatic heterocycles. The number of aryl methyl sites for hydroxylation is 1. The van der Waals surface area contributed by atoms with Gasteiger partial charge in [0.2, 0.25) is 10.0 Å². The summed E-state index contributed by atoms with van der Waals surface area (Å²) in [4.78, 5) is 14.1. The van der Waals surface area contributed by atoms with Crippen LogP contribution in [0.15, 0.2) is 95.4 Å². The highest BCUT2D eigenvalue weighted by atomic mass is 35.5. The van der Waals surface area contributed by atoms with Gasteiger partial charge in [-0.25, -0.2) is 13.1 Å². The van der Waals surface area contributed by atoms with Crippen molar-refractivity contribution < 1.29 is 13.2 Å². The van der Waals surface area contributed by atoms with E-state index >= 15 is 0 Å². The predicted molar refractivity (Wildman–Crippen MR) is 147 cm³/mol. The van der Waals surface area contributed by atoms with Crippen LogP contribution in [0.1, 0.15) is 42.0 Å². The summed E-state index contributed by atoms with van der Waals surface area (Å²) in [7, 11) is -3.90. The second-order valence-electron chi connectivity index (χ2n) is 8.92. The van der Waals surface area contributed by atoms with E-state index in [0.29, 0.717) is 27.6 Å². The number of nitrogens with one attached hydrogen (secondary N) is 1. The second kappa shape index (κ2) is 11.6. The van der Waals surface area contributed by atoms with E-state index in [9.17, 15) is 13.2 Å². The topological polar surface area (TPSA) is 63.2 Å². The predicted octanol–water partition coefficient (Wildman–Crippen LogP) is 7.33. The van der Waals surface area contributed by atoms with Gasteiger partial charge >= 0.3 is 0 Å². The summed E-state index contributed by atoms with van der Waals surface area (Å²) in [6.45, 7) is 1.90. The summed E-state index contributed by atoms with van der Waals surface area (Å²) in [5, 5.41) is 1.15. The van der Waals surface area contributed by atoms with Gasteiger partial charge < -0.3 is 0 Å². The number of rotatable bonds is 6. The Morgan fingerprint density at radius 3 is 2.17 bits per heavy atom. The van der Waals surface area contributed by atoms with Crippen LogP contribution >= 0.6 is 23.2 Å². The molecule has 0 bridgehead atoms. The van der Waals surface area contributed by atoms with E-state index in [4.69, 9.17) is 23.2 Å². The molecule has 2 atom stereocenters. The maximum atomic E-state index is 13.9. The molecule has 1 N–H and O–H groups in total. The number of Topliss-reactive ketones (excluding diaryl/α,β-unsaturated/α-hetero) is 1. The minimum absolute atomic E-state index is 0.118. The summed E-state index contributed by atoms with van der Waals surface area (Å²) in [6, 6.07) is 20.1.